The Morgan fingerprint density at radius 2 is 2.00 bits per heavy atom. The second-order valence-corrected chi connectivity index (χ2v) is 6.37. The van der Waals surface area contributed by atoms with Crippen molar-refractivity contribution in [3.63, 3.8) is 0 Å². The van der Waals surface area contributed by atoms with E-state index in [0.717, 1.165) is 27.3 Å². The third-order valence-electron chi connectivity index (χ3n) is 3.49. The van der Waals surface area contributed by atoms with Gasteiger partial charge in [0.25, 0.3) is 0 Å². The maximum absolute atomic E-state index is 5.90. The molecule has 0 amide bonds. The minimum Gasteiger partial charge on any atom is -0.491 e. The average Bonchev–Trinajstić information content (AvgIpc) is 2.49. The van der Waals surface area contributed by atoms with Gasteiger partial charge in [0, 0.05) is 0 Å². The van der Waals surface area contributed by atoms with Crippen LogP contribution in [0.2, 0.25) is 0 Å². The van der Waals surface area contributed by atoms with Gasteiger partial charge in [-0.2, -0.15) is 0 Å². The molecule has 0 saturated carbocycles. The summed E-state index contributed by atoms with van der Waals surface area (Å²) < 4.78 is 6.79. The molecule has 1 aromatic carbocycles. The van der Waals surface area contributed by atoms with Crippen LogP contribution in [0.4, 0.5) is 5.82 Å². The van der Waals surface area contributed by atoms with Gasteiger partial charge in [0.05, 0.1) is 16.7 Å². The lowest BCUT2D eigenvalue weighted by atomic mass is 10.0. The first-order valence-corrected chi connectivity index (χ1v) is 8.22. The van der Waals surface area contributed by atoms with Crippen molar-refractivity contribution in [2.24, 2.45) is 0 Å². The zero-order valence-corrected chi connectivity index (χ0v) is 15.1. The quantitative estimate of drug-likeness (QED) is 0.769. The number of halogens is 1. The van der Waals surface area contributed by atoms with E-state index in [1.165, 1.54) is 5.56 Å². The van der Waals surface area contributed by atoms with Crippen molar-refractivity contribution in [3.8, 4) is 5.75 Å². The molecule has 0 aliphatic rings. The van der Waals surface area contributed by atoms with Crippen molar-refractivity contribution in [2.45, 2.75) is 33.6 Å². The molecule has 2 aromatic rings. The predicted molar refractivity (Wildman–Crippen MR) is 93.7 cm³/mol. The van der Waals surface area contributed by atoms with E-state index in [4.69, 9.17) is 4.74 Å². The highest BCUT2D eigenvalue weighted by Gasteiger charge is 2.06. The molecule has 5 heteroatoms. The van der Waals surface area contributed by atoms with Crippen molar-refractivity contribution in [2.75, 3.05) is 18.5 Å². The SMILES string of the molecule is Cc1ccc(C(C)C)cc1OCCNc1ncnc(C)c1Br. The van der Waals surface area contributed by atoms with Gasteiger partial charge in [0.1, 0.15) is 24.5 Å². The van der Waals surface area contributed by atoms with Crippen LogP contribution in [0.15, 0.2) is 29.0 Å². The first-order chi connectivity index (χ1) is 10.5. The van der Waals surface area contributed by atoms with Crippen molar-refractivity contribution >= 4 is 21.7 Å². The van der Waals surface area contributed by atoms with Gasteiger partial charge in [-0.15, -0.1) is 0 Å². The molecule has 118 valence electrons. The van der Waals surface area contributed by atoms with Crippen LogP contribution in [0.3, 0.4) is 0 Å². The minimum atomic E-state index is 0.501. The molecule has 1 heterocycles. The Kier molecular flexibility index (Phi) is 5.77. The smallest absolute Gasteiger partial charge is 0.144 e. The summed E-state index contributed by atoms with van der Waals surface area (Å²) in [6, 6.07) is 6.40. The zero-order valence-electron chi connectivity index (χ0n) is 13.5. The molecule has 4 nitrogen and oxygen atoms in total. The van der Waals surface area contributed by atoms with E-state index in [2.05, 4.69) is 70.2 Å². The predicted octanol–water partition coefficient (Wildman–Crippen LogP) is 4.47. The van der Waals surface area contributed by atoms with E-state index in [0.29, 0.717) is 19.1 Å². The van der Waals surface area contributed by atoms with E-state index in [1.54, 1.807) is 6.33 Å². The highest BCUT2D eigenvalue weighted by molar-refractivity contribution is 9.10. The van der Waals surface area contributed by atoms with Gasteiger partial charge in [-0.3, -0.25) is 0 Å². The molecule has 22 heavy (non-hydrogen) atoms. The number of nitrogens with zero attached hydrogens (tertiary/aromatic N) is 2. The summed E-state index contributed by atoms with van der Waals surface area (Å²) in [5, 5.41) is 3.26. The molecule has 1 aromatic heterocycles. The first-order valence-electron chi connectivity index (χ1n) is 7.43. The van der Waals surface area contributed by atoms with Crippen LogP contribution in [0.25, 0.3) is 0 Å². The van der Waals surface area contributed by atoms with E-state index < -0.39 is 0 Å². The zero-order chi connectivity index (χ0) is 16.1. The normalized spacial score (nSPS) is 10.8. The number of hydrogen-bond donors (Lipinski definition) is 1. The number of benzene rings is 1. The van der Waals surface area contributed by atoms with Crippen LogP contribution >= 0.6 is 15.9 Å². The molecule has 0 unspecified atom stereocenters. The Morgan fingerprint density at radius 1 is 1.23 bits per heavy atom. The van der Waals surface area contributed by atoms with Crippen LogP contribution in [-0.2, 0) is 0 Å². The Labute approximate surface area is 140 Å². The van der Waals surface area contributed by atoms with Gasteiger partial charge in [0.2, 0.25) is 0 Å². The second kappa shape index (κ2) is 7.58. The fraction of sp³-hybridized carbons (Fsp3) is 0.412. The molecule has 0 atom stereocenters. The lowest BCUT2D eigenvalue weighted by Crippen LogP contribution is -2.13. The van der Waals surface area contributed by atoms with Crippen molar-refractivity contribution in [3.05, 3.63) is 45.8 Å². The average molecular weight is 364 g/mol. The summed E-state index contributed by atoms with van der Waals surface area (Å²) >= 11 is 3.49. The van der Waals surface area contributed by atoms with E-state index >= 15 is 0 Å². The number of rotatable bonds is 6. The van der Waals surface area contributed by atoms with E-state index in [9.17, 15) is 0 Å². The van der Waals surface area contributed by atoms with Crippen molar-refractivity contribution < 1.29 is 4.74 Å². The number of aryl methyl sites for hydroxylation is 2. The number of hydrogen-bond acceptors (Lipinski definition) is 4. The van der Waals surface area contributed by atoms with Gasteiger partial charge in [0.15, 0.2) is 0 Å². The summed E-state index contributed by atoms with van der Waals surface area (Å²) in [6.45, 7) is 9.64. The van der Waals surface area contributed by atoms with Crippen LogP contribution in [0.1, 0.15) is 36.6 Å². The standard InChI is InChI=1S/C17H22BrN3O/c1-11(2)14-6-5-12(3)15(9-14)22-8-7-19-17-16(18)13(4)20-10-21-17/h5-6,9-11H,7-8H2,1-4H3,(H,19,20,21). The molecular weight excluding hydrogens is 342 g/mol. The largest absolute Gasteiger partial charge is 0.491 e. The second-order valence-electron chi connectivity index (χ2n) is 5.58. The fourth-order valence-electron chi connectivity index (χ4n) is 2.04. The van der Waals surface area contributed by atoms with Gasteiger partial charge in [-0.25, -0.2) is 9.97 Å². The summed E-state index contributed by atoms with van der Waals surface area (Å²) in [5.41, 5.74) is 3.37. The Hall–Kier alpha value is -1.62. The molecule has 0 saturated heterocycles. The van der Waals surface area contributed by atoms with E-state index in [1.807, 2.05) is 6.92 Å². The number of ether oxygens (including phenoxy) is 1. The monoisotopic (exact) mass is 363 g/mol. The van der Waals surface area contributed by atoms with Crippen molar-refractivity contribution in [1.82, 2.24) is 9.97 Å². The fourth-order valence-corrected chi connectivity index (χ4v) is 2.39. The van der Waals surface area contributed by atoms with Crippen molar-refractivity contribution in [1.29, 1.82) is 0 Å². The maximum Gasteiger partial charge on any atom is 0.144 e. The molecule has 2 rings (SSSR count). The van der Waals surface area contributed by atoms with Crippen LogP contribution in [0.5, 0.6) is 5.75 Å². The molecule has 1 N–H and O–H groups in total. The highest BCUT2D eigenvalue weighted by atomic mass is 79.9. The number of nitrogens with one attached hydrogen (secondary N) is 1. The van der Waals surface area contributed by atoms with Gasteiger partial charge < -0.3 is 10.1 Å². The third-order valence-corrected chi connectivity index (χ3v) is 4.44. The van der Waals surface area contributed by atoms with Gasteiger partial charge >= 0.3 is 0 Å². The van der Waals surface area contributed by atoms with Gasteiger partial charge in [-0.1, -0.05) is 26.0 Å². The molecule has 0 bridgehead atoms. The Morgan fingerprint density at radius 3 is 2.73 bits per heavy atom. The lowest BCUT2D eigenvalue weighted by molar-refractivity contribution is 0.330. The lowest BCUT2D eigenvalue weighted by Gasteiger charge is -2.13. The van der Waals surface area contributed by atoms with Crippen LogP contribution in [0, 0.1) is 13.8 Å². The third kappa shape index (κ3) is 4.19. The molecule has 0 aliphatic carbocycles. The molecule has 0 fully saturated rings. The summed E-state index contributed by atoms with van der Waals surface area (Å²) in [7, 11) is 0. The summed E-state index contributed by atoms with van der Waals surface area (Å²) in [6.07, 6.45) is 1.56. The number of anilines is 1. The van der Waals surface area contributed by atoms with Crippen LogP contribution in [-0.4, -0.2) is 23.1 Å². The molecule has 0 aliphatic heterocycles. The molecular formula is C17H22BrN3O. The maximum atomic E-state index is 5.90. The van der Waals surface area contributed by atoms with Crippen LogP contribution < -0.4 is 10.1 Å². The Balaban J connectivity index is 1.91. The Bertz CT molecular complexity index is 644. The molecule has 0 spiro atoms. The topological polar surface area (TPSA) is 47.0 Å². The first kappa shape index (κ1) is 16.7. The summed E-state index contributed by atoms with van der Waals surface area (Å²) in [5.74, 6) is 2.25. The number of aromatic nitrogens is 2. The van der Waals surface area contributed by atoms with E-state index in [-0.39, 0.29) is 0 Å². The minimum absolute atomic E-state index is 0.501. The molecule has 0 radical (unpaired) electrons. The summed E-state index contributed by atoms with van der Waals surface area (Å²) in [4.78, 5) is 8.34. The highest BCUT2D eigenvalue weighted by Crippen LogP contribution is 2.24. The van der Waals surface area contributed by atoms with Gasteiger partial charge in [-0.05, 0) is 52.9 Å².